The molecule has 34 heavy (non-hydrogen) atoms. The standard InChI is InChI=1S/C30H48N3O/c1-2-3-4-5-6-7-8-9-10-11-12-13-24-34-28-16-14-27(15-17-28)25-29-18-19-30(33(29)31)21-23-32(26-30)22-20-29/h14-17,26H,2-13,18-25H2,1H3/q+1. The molecule has 4 rings (SSSR count). The number of benzene rings is 1. The molecular weight excluding hydrogens is 418 g/mol. The average Bonchev–Trinajstić information content (AvgIpc) is 3.37. The van der Waals surface area contributed by atoms with E-state index in [9.17, 15) is 5.53 Å². The minimum absolute atomic E-state index is 0.103. The number of fused-ring (bicyclic) bond motifs is 1. The Labute approximate surface area is 208 Å². The summed E-state index contributed by atoms with van der Waals surface area (Å²) >= 11 is 0. The van der Waals surface area contributed by atoms with Gasteiger partial charge in [-0.15, -0.1) is 0 Å². The minimum Gasteiger partial charge on any atom is -0.505 e. The molecule has 1 saturated heterocycles. The highest BCUT2D eigenvalue weighted by Gasteiger charge is 2.62. The molecule has 0 N–H and O–H groups in total. The summed E-state index contributed by atoms with van der Waals surface area (Å²) in [6.07, 6.45) is 24.0. The van der Waals surface area contributed by atoms with Crippen LogP contribution in [0.25, 0.3) is 5.53 Å². The summed E-state index contributed by atoms with van der Waals surface area (Å²) in [5.74, 6) is 0.979. The van der Waals surface area contributed by atoms with Crippen LogP contribution in [0.5, 0.6) is 5.75 Å². The van der Waals surface area contributed by atoms with Crippen molar-refractivity contribution in [2.75, 3.05) is 19.7 Å². The van der Waals surface area contributed by atoms with E-state index in [0.29, 0.717) is 0 Å². The fourth-order valence-electron chi connectivity index (χ4n) is 6.52. The van der Waals surface area contributed by atoms with E-state index in [1.54, 1.807) is 4.70 Å². The van der Waals surface area contributed by atoms with Gasteiger partial charge in [-0.3, -0.25) is 0 Å². The smallest absolute Gasteiger partial charge is 0.234 e. The zero-order chi connectivity index (χ0) is 23.7. The molecule has 2 unspecified atom stereocenters. The van der Waals surface area contributed by atoms with E-state index in [1.807, 2.05) is 0 Å². The van der Waals surface area contributed by atoms with Gasteiger partial charge in [-0.2, -0.15) is 0 Å². The summed E-state index contributed by atoms with van der Waals surface area (Å²) in [4.78, 5) is 0. The predicted octanol–water partition coefficient (Wildman–Crippen LogP) is 7.51. The Balaban J connectivity index is 1.08. The molecule has 3 aliphatic rings. The fourth-order valence-corrected chi connectivity index (χ4v) is 6.52. The summed E-state index contributed by atoms with van der Waals surface area (Å²) in [5, 5.41) is 0. The summed E-state index contributed by atoms with van der Waals surface area (Å²) in [7, 11) is 0. The molecular formula is C30H48N3O+. The van der Waals surface area contributed by atoms with E-state index in [4.69, 9.17) is 4.74 Å². The zero-order valence-corrected chi connectivity index (χ0v) is 21.8. The number of hydrogen-bond donors (Lipinski definition) is 0. The average molecular weight is 467 g/mol. The third-order valence-corrected chi connectivity index (χ3v) is 8.74. The van der Waals surface area contributed by atoms with Gasteiger partial charge in [0.25, 0.3) is 0 Å². The predicted molar refractivity (Wildman–Crippen MR) is 140 cm³/mol. The van der Waals surface area contributed by atoms with Crippen LogP contribution in [0.1, 0.15) is 115 Å². The van der Waals surface area contributed by atoms with Gasteiger partial charge in [0, 0.05) is 19.3 Å². The van der Waals surface area contributed by atoms with Gasteiger partial charge in [-0.05, 0) is 24.1 Å². The summed E-state index contributed by atoms with van der Waals surface area (Å²) in [5.41, 5.74) is 12.3. The van der Waals surface area contributed by atoms with Crippen molar-refractivity contribution in [2.24, 2.45) is 0 Å². The molecule has 0 aromatic heterocycles. The third-order valence-electron chi connectivity index (χ3n) is 8.74. The molecule has 4 nitrogen and oxygen atoms in total. The summed E-state index contributed by atoms with van der Waals surface area (Å²) in [6.45, 7) is 5.27. The molecule has 1 aromatic rings. The molecule has 0 amide bonds. The van der Waals surface area contributed by atoms with E-state index < -0.39 is 0 Å². The minimum atomic E-state index is -0.108. The third kappa shape index (κ3) is 6.29. The number of ether oxygens (including phenoxy) is 1. The number of hydrogen-bond acceptors (Lipinski definition) is 1. The highest BCUT2D eigenvalue weighted by atomic mass is 16.5. The lowest BCUT2D eigenvalue weighted by atomic mass is 9.85. The lowest BCUT2D eigenvalue weighted by Crippen LogP contribution is -2.47. The van der Waals surface area contributed by atoms with Crippen LogP contribution < -0.4 is 4.74 Å². The van der Waals surface area contributed by atoms with Crippen molar-refractivity contribution in [3.8, 4) is 5.75 Å². The first-order valence-electron chi connectivity index (χ1n) is 14.5. The van der Waals surface area contributed by atoms with Gasteiger partial charge in [-0.25, -0.2) is 4.58 Å². The Morgan fingerprint density at radius 1 is 0.765 bits per heavy atom. The topological polar surface area (TPSA) is 37.5 Å². The van der Waals surface area contributed by atoms with Crippen LogP contribution in [0, 0.1) is 0 Å². The first-order valence-corrected chi connectivity index (χ1v) is 14.5. The van der Waals surface area contributed by atoms with Crippen molar-refractivity contribution in [1.82, 2.24) is 0 Å². The maximum Gasteiger partial charge on any atom is 0.234 e. The van der Waals surface area contributed by atoms with Gasteiger partial charge in [0.15, 0.2) is 5.54 Å². The van der Waals surface area contributed by atoms with Gasteiger partial charge in [-0.1, -0.05) is 89.7 Å². The van der Waals surface area contributed by atoms with Gasteiger partial charge < -0.3 is 15.0 Å². The Kier molecular flexibility index (Phi) is 9.19. The van der Waals surface area contributed by atoms with Crippen molar-refractivity contribution >= 4 is 6.21 Å². The highest BCUT2D eigenvalue weighted by molar-refractivity contribution is 5.65. The fraction of sp³-hybridized carbons (Fsp3) is 0.767. The van der Waals surface area contributed by atoms with Crippen LogP contribution in [-0.2, 0) is 6.42 Å². The second-order valence-electron chi connectivity index (χ2n) is 11.4. The first kappa shape index (κ1) is 25.4. The Bertz CT molecular complexity index is 817. The van der Waals surface area contributed by atoms with E-state index in [-0.39, 0.29) is 11.1 Å². The van der Waals surface area contributed by atoms with Crippen molar-refractivity contribution in [3.05, 3.63) is 35.4 Å². The number of rotatable bonds is 16. The van der Waals surface area contributed by atoms with Crippen molar-refractivity contribution in [1.29, 1.82) is 0 Å². The van der Waals surface area contributed by atoms with E-state index in [0.717, 1.165) is 64.0 Å². The normalized spacial score (nSPS) is 25.4. The molecule has 2 atom stereocenters. The quantitative estimate of drug-likeness (QED) is 0.183. The Morgan fingerprint density at radius 2 is 1.38 bits per heavy atom. The van der Waals surface area contributed by atoms with Crippen LogP contribution in [0.15, 0.2) is 24.3 Å². The molecule has 0 aliphatic carbocycles. The van der Waals surface area contributed by atoms with Crippen LogP contribution in [0.4, 0.5) is 0 Å². The SMILES string of the molecule is CCCCCCCCCCCCCCOc1ccc(CC23CC[N+]4=CC(CC4)(CC2)[N+]3=[N-])cc1. The van der Waals surface area contributed by atoms with Gasteiger partial charge in [0.1, 0.15) is 18.8 Å². The Hall–Kier alpha value is -1.71. The lowest BCUT2D eigenvalue weighted by Gasteiger charge is -2.31. The molecule has 1 spiro atoms. The molecule has 1 aromatic carbocycles. The van der Waals surface area contributed by atoms with Crippen LogP contribution in [-0.4, -0.2) is 46.3 Å². The molecule has 3 heterocycles. The summed E-state index contributed by atoms with van der Waals surface area (Å²) in [6, 6.07) is 8.66. The molecule has 0 radical (unpaired) electrons. The van der Waals surface area contributed by atoms with Crippen molar-refractivity contribution < 1.29 is 14.0 Å². The molecule has 4 heteroatoms. The van der Waals surface area contributed by atoms with E-state index >= 15 is 0 Å². The molecule has 1 fully saturated rings. The van der Waals surface area contributed by atoms with Crippen molar-refractivity contribution in [2.45, 2.75) is 127 Å². The molecule has 188 valence electrons. The van der Waals surface area contributed by atoms with Gasteiger partial charge in [0.05, 0.1) is 19.4 Å². The van der Waals surface area contributed by atoms with Crippen LogP contribution in [0.3, 0.4) is 0 Å². The highest BCUT2D eigenvalue weighted by Crippen LogP contribution is 2.46. The monoisotopic (exact) mass is 466 g/mol. The zero-order valence-electron chi connectivity index (χ0n) is 21.8. The van der Waals surface area contributed by atoms with Crippen LogP contribution >= 0.6 is 0 Å². The lowest BCUT2D eigenvalue weighted by molar-refractivity contribution is -0.658. The largest absolute Gasteiger partial charge is 0.505 e. The van der Waals surface area contributed by atoms with Crippen LogP contribution in [0.2, 0.25) is 0 Å². The van der Waals surface area contributed by atoms with Gasteiger partial charge >= 0.3 is 0 Å². The van der Waals surface area contributed by atoms with E-state index in [1.165, 1.54) is 76.2 Å². The van der Waals surface area contributed by atoms with E-state index in [2.05, 4.69) is 42.0 Å². The second-order valence-corrected chi connectivity index (χ2v) is 11.4. The van der Waals surface area contributed by atoms with Crippen molar-refractivity contribution in [3.63, 3.8) is 0 Å². The number of unbranched alkanes of at least 4 members (excludes halogenated alkanes) is 11. The van der Waals surface area contributed by atoms with Gasteiger partial charge in [0.2, 0.25) is 11.8 Å². The maximum absolute atomic E-state index is 11.2. The Morgan fingerprint density at radius 3 is 2.06 bits per heavy atom. The summed E-state index contributed by atoms with van der Waals surface area (Å²) < 4.78 is 10.2. The molecule has 3 aliphatic heterocycles. The number of nitrogens with zero attached hydrogens (tertiary/aromatic N) is 3. The second kappa shape index (κ2) is 12.3. The molecule has 0 saturated carbocycles. The maximum atomic E-state index is 11.2. The first-order chi connectivity index (χ1) is 16.7. The molecule has 3 bridgehead atoms.